The van der Waals surface area contributed by atoms with E-state index in [4.69, 9.17) is 18.9 Å². The fourth-order valence-corrected chi connectivity index (χ4v) is 4.09. The fourth-order valence-electron chi connectivity index (χ4n) is 4.09. The average Bonchev–Trinajstić information content (AvgIpc) is 3.35. The number of ether oxygens (including phenoxy) is 4. The van der Waals surface area contributed by atoms with Crippen LogP contribution in [0.1, 0.15) is 46.2 Å². The largest absolute Gasteiger partial charge is 0.489 e. The Hall–Kier alpha value is -4.73. The van der Waals surface area contributed by atoms with Crippen molar-refractivity contribution in [3.8, 4) is 5.75 Å². The summed E-state index contributed by atoms with van der Waals surface area (Å²) < 4.78 is 24.7. The van der Waals surface area contributed by atoms with E-state index >= 15 is 0 Å². The van der Waals surface area contributed by atoms with Crippen molar-refractivity contribution in [2.24, 2.45) is 0 Å². The summed E-state index contributed by atoms with van der Waals surface area (Å²) in [5.74, 6) is 2.34. The molecule has 0 saturated heterocycles. The molecule has 40 heavy (non-hydrogen) atoms. The molecular formula is C30H33N5O5. The lowest BCUT2D eigenvalue weighted by atomic mass is 10.0. The van der Waals surface area contributed by atoms with Crippen LogP contribution in [-0.4, -0.2) is 38.9 Å². The average molecular weight is 544 g/mol. The summed E-state index contributed by atoms with van der Waals surface area (Å²) in [5, 5.41) is 10.6. The number of rotatable bonds is 8. The highest BCUT2D eigenvalue weighted by molar-refractivity contribution is 5.67. The molecule has 0 unspecified atom stereocenters. The molecule has 0 bridgehead atoms. The molecule has 208 valence electrons. The van der Waals surface area contributed by atoms with Crippen molar-refractivity contribution in [3.05, 3.63) is 90.2 Å². The van der Waals surface area contributed by atoms with Crippen LogP contribution >= 0.6 is 0 Å². The topological polar surface area (TPSA) is 108 Å². The predicted octanol–water partition coefficient (Wildman–Crippen LogP) is 6.23. The molecule has 1 aliphatic carbocycles. The van der Waals surface area contributed by atoms with Gasteiger partial charge in [0.25, 0.3) is 0 Å². The van der Waals surface area contributed by atoms with E-state index in [1.54, 1.807) is 17.0 Å². The van der Waals surface area contributed by atoms with Crippen LogP contribution in [0.2, 0.25) is 0 Å². The highest BCUT2D eigenvalue weighted by atomic mass is 16.6. The summed E-state index contributed by atoms with van der Waals surface area (Å²) in [6.07, 6.45) is 10.5. The third-order valence-electron chi connectivity index (χ3n) is 5.89. The Morgan fingerprint density at radius 3 is 2.67 bits per heavy atom. The van der Waals surface area contributed by atoms with Crippen molar-refractivity contribution in [1.82, 2.24) is 19.9 Å². The molecule has 2 aliphatic rings. The lowest BCUT2D eigenvalue weighted by Gasteiger charge is -2.21. The highest BCUT2D eigenvalue weighted by Crippen LogP contribution is 2.30. The molecule has 10 nitrogen and oxygen atoms in total. The van der Waals surface area contributed by atoms with E-state index in [9.17, 15) is 4.79 Å². The second kappa shape index (κ2) is 11.6. The van der Waals surface area contributed by atoms with Crippen LogP contribution in [0, 0.1) is 0 Å². The zero-order chi connectivity index (χ0) is 28.1. The number of carbonyl (C=O) groups is 1. The molecule has 10 heteroatoms. The third-order valence-corrected chi connectivity index (χ3v) is 5.89. The minimum absolute atomic E-state index is 0.244. The Bertz CT molecular complexity index is 1490. The first kappa shape index (κ1) is 26.9. The summed E-state index contributed by atoms with van der Waals surface area (Å²) in [7, 11) is 0. The van der Waals surface area contributed by atoms with Gasteiger partial charge in [0, 0.05) is 5.69 Å². The summed E-state index contributed by atoms with van der Waals surface area (Å²) in [6, 6.07) is 13.1. The van der Waals surface area contributed by atoms with Gasteiger partial charge in [-0.25, -0.2) is 9.31 Å². The molecule has 3 aromatic rings. The Kier molecular flexibility index (Phi) is 7.77. The Morgan fingerprint density at radius 2 is 1.93 bits per heavy atom. The Balaban J connectivity index is 1.21. The van der Waals surface area contributed by atoms with Crippen LogP contribution in [0.25, 0.3) is 11.4 Å². The monoisotopic (exact) mass is 543 g/mol. The first-order valence-electron chi connectivity index (χ1n) is 13.2. The van der Waals surface area contributed by atoms with Gasteiger partial charge in [0.1, 0.15) is 35.7 Å². The van der Waals surface area contributed by atoms with Crippen molar-refractivity contribution in [2.75, 3.05) is 11.9 Å². The van der Waals surface area contributed by atoms with Gasteiger partial charge in [-0.1, -0.05) is 24.3 Å². The van der Waals surface area contributed by atoms with Gasteiger partial charge in [-0.15, -0.1) is 5.10 Å². The Morgan fingerprint density at radius 1 is 1.12 bits per heavy atom. The summed E-state index contributed by atoms with van der Waals surface area (Å²) in [6.45, 7) is 7.66. The van der Waals surface area contributed by atoms with Crippen molar-refractivity contribution < 1.29 is 23.7 Å². The molecule has 1 aromatic carbocycles. The number of hydrogen-bond acceptors (Lipinski definition) is 8. The van der Waals surface area contributed by atoms with E-state index < -0.39 is 11.7 Å². The summed E-state index contributed by atoms with van der Waals surface area (Å²) >= 11 is 0. The number of fused-ring (bicyclic) bond motifs is 1. The maximum atomic E-state index is 11.9. The van der Waals surface area contributed by atoms with Crippen LogP contribution in [0.15, 0.2) is 84.5 Å². The number of nitrogens with zero attached hydrogens (tertiary/aromatic N) is 3. The zero-order valence-corrected chi connectivity index (χ0v) is 23.0. The minimum Gasteiger partial charge on any atom is -0.489 e. The molecular weight excluding hydrogens is 510 g/mol. The summed E-state index contributed by atoms with van der Waals surface area (Å²) in [5.41, 5.74) is 2.71. The molecule has 1 amide bonds. The second-order valence-corrected chi connectivity index (χ2v) is 10.4. The van der Waals surface area contributed by atoms with Crippen LogP contribution < -0.4 is 15.4 Å². The number of pyridine rings is 1. The second-order valence-electron chi connectivity index (χ2n) is 10.4. The lowest BCUT2D eigenvalue weighted by Crippen LogP contribution is -2.37. The van der Waals surface area contributed by atoms with E-state index in [-0.39, 0.29) is 6.10 Å². The van der Waals surface area contributed by atoms with Crippen molar-refractivity contribution in [3.63, 3.8) is 0 Å². The van der Waals surface area contributed by atoms with Gasteiger partial charge < -0.3 is 29.6 Å². The van der Waals surface area contributed by atoms with Gasteiger partial charge in [-0.05, 0) is 82.5 Å². The van der Waals surface area contributed by atoms with Crippen LogP contribution in [0.4, 0.5) is 16.4 Å². The van der Waals surface area contributed by atoms with Gasteiger partial charge in [0.2, 0.25) is 5.95 Å². The normalized spacial score (nSPS) is 15.7. The Labute approximate surface area is 233 Å². The number of carbonyl (C=O) groups excluding carboxylic acids is 1. The number of anilines is 2. The molecule has 5 rings (SSSR count). The van der Waals surface area contributed by atoms with Gasteiger partial charge in [-0.3, -0.25) is 0 Å². The van der Waals surface area contributed by atoms with Crippen LogP contribution in [0.5, 0.6) is 5.75 Å². The van der Waals surface area contributed by atoms with E-state index in [1.807, 2.05) is 82.3 Å². The molecule has 3 heterocycles. The molecule has 0 fully saturated rings. The number of aromatic nitrogens is 3. The SMILES string of the molecule is C[C@@H](CNC(=O)OC(C)(C)C)Oc1ccc(Nc2nc3cccc(C4=COC=C(C5=CC=CCC5)O4)n3n2)cc1. The summed E-state index contributed by atoms with van der Waals surface area (Å²) in [4.78, 5) is 16.5. The van der Waals surface area contributed by atoms with E-state index in [0.717, 1.165) is 24.1 Å². The first-order chi connectivity index (χ1) is 19.2. The number of nitrogens with one attached hydrogen (secondary N) is 2. The number of hydrogen-bond donors (Lipinski definition) is 2. The molecule has 1 atom stereocenters. The molecule has 0 spiro atoms. The first-order valence-corrected chi connectivity index (χ1v) is 13.2. The van der Waals surface area contributed by atoms with Gasteiger partial charge in [0.05, 0.1) is 6.54 Å². The maximum absolute atomic E-state index is 11.9. The van der Waals surface area contributed by atoms with Crippen LogP contribution in [0.3, 0.4) is 0 Å². The molecule has 2 N–H and O–H groups in total. The number of alkyl carbamates (subject to hydrolysis) is 1. The number of amides is 1. The van der Waals surface area contributed by atoms with E-state index in [0.29, 0.717) is 41.1 Å². The van der Waals surface area contributed by atoms with Gasteiger partial charge >= 0.3 is 6.09 Å². The molecule has 2 aromatic heterocycles. The predicted molar refractivity (Wildman–Crippen MR) is 152 cm³/mol. The highest BCUT2D eigenvalue weighted by Gasteiger charge is 2.20. The molecule has 0 saturated carbocycles. The van der Waals surface area contributed by atoms with Crippen molar-refractivity contribution in [2.45, 2.75) is 52.2 Å². The molecule has 1 aliphatic heterocycles. The van der Waals surface area contributed by atoms with Crippen LogP contribution in [-0.2, 0) is 14.2 Å². The van der Waals surface area contributed by atoms with E-state index in [2.05, 4.69) is 26.8 Å². The van der Waals surface area contributed by atoms with E-state index in [1.165, 1.54) is 0 Å². The number of allylic oxidation sites excluding steroid dienone is 4. The van der Waals surface area contributed by atoms with Gasteiger partial charge in [0.15, 0.2) is 17.2 Å². The zero-order valence-electron chi connectivity index (χ0n) is 23.0. The molecule has 0 radical (unpaired) electrons. The fraction of sp³-hybridized carbons (Fsp3) is 0.300. The number of benzene rings is 1. The standard InChI is InChI=1S/C30H33N5O5/c1-20(17-31-29(36)40-30(2,3)4)38-23-15-13-22(14-16-23)32-28-33-27-12-8-11-24(35(27)34-28)26-19-37-18-25(39-26)21-9-6-5-7-10-21/h5-6,8-9,11-16,18-20H,7,10,17H2,1-4H3,(H,31,36)(H,32,34)/t20-/m0/s1. The maximum Gasteiger partial charge on any atom is 0.407 e. The quantitative estimate of drug-likeness (QED) is 0.344. The third kappa shape index (κ3) is 6.82. The van der Waals surface area contributed by atoms with Crippen molar-refractivity contribution in [1.29, 1.82) is 0 Å². The van der Waals surface area contributed by atoms with Gasteiger partial charge in [-0.2, -0.15) is 4.98 Å². The lowest BCUT2D eigenvalue weighted by molar-refractivity contribution is 0.0505. The van der Waals surface area contributed by atoms with Crippen molar-refractivity contribution >= 4 is 29.1 Å². The minimum atomic E-state index is -0.547. The smallest absolute Gasteiger partial charge is 0.407 e.